The van der Waals surface area contributed by atoms with Gasteiger partial charge < -0.3 is 15.4 Å². The van der Waals surface area contributed by atoms with Crippen molar-refractivity contribution in [3.8, 4) is 5.75 Å². The molecule has 1 aromatic heterocycles. The van der Waals surface area contributed by atoms with E-state index >= 15 is 0 Å². The zero-order valence-corrected chi connectivity index (χ0v) is 16.2. The first-order valence-corrected chi connectivity index (χ1v) is 10.1. The average molecular weight is 395 g/mol. The second kappa shape index (κ2) is 7.98. The van der Waals surface area contributed by atoms with Gasteiger partial charge in [-0.1, -0.05) is 12.1 Å². The van der Waals surface area contributed by atoms with Gasteiger partial charge in [0.05, 0.1) is 15.2 Å². The van der Waals surface area contributed by atoms with E-state index in [1.54, 1.807) is 35.6 Å². The first-order chi connectivity index (χ1) is 13.6. The predicted octanol–water partition coefficient (Wildman–Crippen LogP) is 3.18. The van der Waals surface area contributed by atoms with Crippen molar-refractivity contribution in [3.63, 3.8) is 0 Å². The molecule has 0 aliphatic carbocycles. The van der Waals surface area contributed by atoms with Gasteiger partial charge in [0.25, 0.3) is 11.8 Å². The number of hydrogen-bond acceptors (Lipinski definition) is 5. The summed E-state index contributed by atoms with van der Waals surface area (Å²) >= 11 is 1.76. The van der Waals surface area contributed by atoms with Gasteiger partial charge in [0, 0.05) is 24.6 Å². The lowest BCUT2D eigenvalue weighted by atomic mass is 9.97. The summed E-state index contributed by atoms with van der Waals surface area (Å²) < 4.78 is 6.45. The fraction of sp³-hybridized carbons (Fsp3) is 0.286. The minimum Gasteiger partial charge on any atom is -0.484 e. The predicted molar refractivity (Wildman–Crippen MR) is 109 cm³/mol. The molecule has 7 heteroatoms. The van der Waals surface area contributed by atoms with Gasteiger partial charge in [0.1, 0.15) is 5.75 Å². The van der Waals surface area contributed by atoms with E-state index in [9.17, 15) is 9.59 Å². The summed E-state index contributed by atoms with van der Waals surface area (Å²) in [5.41, 5.74) is 6.73. The topological polar surface area (TPSA) is 85.5 Å². The molecule has 0 saturated carbocycles. The van der Waals surface area contributed by atoms with E-state index < -0.39 is 5.91 Å². The Bertz CT molecular complexity index is 959. The molecule has 1 aliphatic heterocycles. The monoisotopic (exact) mass is 395 g/mol. The van der Waals surface area contributed by atoms with E-state index in [0.29, 0.717) is 17.2 Å². The van der Waals surface area contributed by atoms with Crippen LogP contribution in [0.5, 0.6) is 5.75 Å². The summed E-state index contributed by atoms with van der Waals surface area (Å²) in [6, 6.07) is 15.0. The first-order valence-electron chi connectivity index (χ1n) is 9.26. The van der Waals surface area contributed by atoms with Crippen LogP contribution in [0, 0.1) is 0 Å². The number of rotatable bonds is 5. The van der Waals surface area contributed by atoms with Crippen molar-refractivity contribution in [2.24, 2.45) is 5.73 Å². The Kier molecular flexibility index (Phi) is 5.25. The summed E-state index contributed by atoms with van der Waals surface area (Å²) in [7, 11) is 0. The number of carbonyl (C=O) groups excluding carboxylic acids is 2. The second-order valence-electron chi connectivity index (χ2n) is 6.87. The number of carbonyl (C=O) groups is 2. The van der Waals surface area contributed by atoms with Crippen LogP contribution in [0.15, 0.2) is 48.5 Å². The molecular formula is C21H21N3O3S. The maximum atomic E-state index is 12.8. The largest absolute Gasteiger partial charge is 0.484 e. The van der Waals surface area contributed by atoms with Crippen molar-refractivity contribution in [2.45, 2.75) is 18.8 Å². The molecule has 1 aliphatic rings. The quantitative estimate of drug-likeness (QED) is 0.719. The van der Waals surface area contributed by atoms with E-state index in [1.807, 2.05) is 23.1 Å². The van der Waals surface area contributed by atoms with E-state index in [1.165, 1.54) is 9.71 Å². The van der Waals surface area contributed by atoms with Gasteiger partial charge in [-0.2, -0.15) is 0 Å². The van der Waals surface area contributed by atoms with Crippen molar-refractivity contribution in [1.29, 1.82) is 0 Å². The van der Waals surface area contributed by atoms with Crippen LogP contribution in [0.4, 0.5) is 0 Å². The molecule has 4 rings (SSSR count). The van der Waals surface area contributed by atoms with Crippen molar-refractivity contribution in [3.05, 3.63) is 59.1 Å². The molecule has 28 heavy (non-hydrogen) atoms. The summed E-state index contributed by atoms with van der Waals surface area (Å²) in [6.07, 6.45) is 1.84. The Morgan fingerprint density at radius 2 is 1.82 bits per heavy atom. The van der Waals surface area contributed by atoms with Crippen molar-refractivity contribution in [2.75, 3.05) is 19.7 Å². The van der Waals surface area contributed by atoms with E-state index in [2.05, 4.69) is 6.07 Å². The third-order valence-corrected chi connectivity index (χ3v) is 6.12. The summed E-state index contributed by atoms with van der Waals surface area (Å²) in [6.45, 7) is 1.27. The van der Waals surface area contributed by atoms with Crippen LogP contribution in [0.3, 0.4) is 0 Å². The highest BCUT2D eigenvalue weighted by molar-refractivity contribution is 7.18. The molecule has 2 N–H and O–H groups in total. The zero-order valence-electron chi connectivity index (χ0n) is 15.3. The molecule has 2 amide bonds. The highest BCUT2D eigenvalue weighted by Gasteiger charge is 2.26. The number of nitrogens with zero attached hydrogens (tertiary/aromatic N) is 2. The Morgan fingerprint density at radius 3 is 2.50 bits per heavy atom. The lowest BCUT2D eigenvalue weighted by Crippen LogP contribution is -2.37. The maximum absolute atomic E-state index is 12.8. The number of ether oxygens (including phenoxy) is 1. The molecule has 1 fully saturated rings. The van der Waals surface area contributed by atoms with Gasteiger partial charge in [-0.3, -0.25) is 9.59 Å². The van der Waals surface area contributed by atoms with Gasteiger partial charge in [0.2, 0.25) is 0 Å². The van der Waals surface area contributed by atoms with Crippen molar-refractivity contribution < 1.29 is 14.3 Å². The molecule has 0 bridgehead atoms. The van der Waals surface area contributed by atoms with Crippen LogP contribution >= 0.6 is 11.3 Å². The number of thiazole rings is 1. The summed E-state index contributed by atoms with van der Waals surface area (Å²) in [4.78, 5) is 30.2. The first kappa shape index (κ1) is 18.4. The number of likely N-dealkylation sites (tertiary alicyclic amines) is 1. The third-order valence-electron chi connectivity index (χ3n) is 4.92. The van der Waals surface area contributed by atoms with Crippen molar-refractivity contribution in [1.82, 2.24) is 9.88 Å². The molecule has 0 radical (unpaired) electrons. The fourth-order valence-corrected chi connectivity index (χ4v) is 4.56. The Balaban J connectivity index is 1.36. The molecule has 144 valence electrons. The van der Waals surface area contributed by atoms with Gasteiger partial charge in [0.15, 0.2) is 6.61 Å². The van der Waals surface area contributed by atoms with Crippen LogP contribution in [0.1, 0.15) is 34.1 Å². The van der Waals surface area contributed by atoms with Crippen LogP contribution < -0.4 is 10.5 Å². The molecule has 0 spiro atoms. The molecular weight excluding hydrogens is 374 g/mol. The van der Waals surface area contributed by atoms with Crippen LogP contribution in [0.2, 0.25) is 0 Å². The number of hydrogen-bond donors (Lipinski definition) is 1. The second-order valence-corrected chi connectivity index (χ2v) is 7.93. The van der Waals surface area contributed by atoms with E-state index in [-0.39, 0.29) is 12.5 Å². The zero-order chi connectivity index (χ0) is 19.5. The highest BCUT2D eigenvalue weighted by Crippen LogP contribution is 2.34. The number of nitrogens with two attached hydrogens (primary N) is 1. The number of primary amides is 1. The Hall–Kier alpha value is -2.93. The van der Waals surface area contributed by atoms with E-state index in [0.717, 1.165) is 31.4 Å². The lowest BCUT2D eigenvalue weighted by molar-refractivity contribution is -0.119. The number of para-hydroxylation sites is 1. The number of benzene rings is 2. The van der Waals surface area contributed by atoms with Crippen LogP contribution in [0.25, 0.3) is 10.2 Å². The van der Waals surface area contributed by atoms with Gasteiger partial charge in [-0.25, -0.2) is 4.98 Å². The van der Waals surface area contributed by atoms with Crippen molar-refractivity contribution >= 4 is 33.4 Å². The third kappa shape index (κ3) is 3.99. The molecule has 2 aromatic carbocycles. The molecule has 3 aromatic rings. The average Bonchev–Trinajstić information content (AvgIpc) is 3.16. The fourth-order valence-electron chi connectivity index (χ4n) is 3.42. The molecule has 0 unspecified atom stereocenters. The lowest BCUT2D eigenvalue weighted by Gasteiger charge is -2.31. The van der Waals surface area contributed by atoms with E-state index in [4.69, 9.17) is 15.5 Å². The maximum Gasteiger partial charge on any atom is 0.255 e. The minimum atomic E-state index is -0.531. The summed E-state index contributed by atoms with van der Waals surface area (Å²) in [5, 5.41) is 1.17. The Labute approximate surface area is 166 Å². The molecule has 2 heterocycles. The standard InChI is InChI=1S/C21H21N3O3S/c22-19(25)13-27-16-7-5-15(6-8-16)21(26)24-11-9-14(10-12-24)20-23-17-3-1-2-4-18(17)28-20/h1-8,14H,9-13H2,(H2,22,25). The van der Waals surface area contributed by atoms with Crippen LogP contribution in [-0.4, -0.2) is 41.4 Å². The minimum absolute atomic E-state index is 0.0178. The van der Waals surface area contributed by atoms with Gasteiger partial charge >= 0.3 is 0 Å². The summed E-state index contributed by atoms with van der Waals surface area (Å²) in [5.74, 6) is 0.413. The van der Waals surface area contributed by atoms with Gasteiger partial charge in [-0.05, 0) is 49.2 Å². The Morgan fingerprint density at radius 1 is 1.11 bits per heavy atom. The smallest absolute Gasteiger partial charge is 0.255 e. The normalized spacial score (nSPS) is 14.9. The molecule has 0 atom stereocenters. The number of aromatic nitrogens is 1. The molecule has 1 saturated heterocycles. The van der Waals surface area contributed by atoms with Gasteiger partial charge in [-0.15, -0.1) is 11.3 Å². The molecule has 6 nitrogen and oxygen atoms in total. The number of amides is 2. The number of fused-ring (bicyclic) bond motifs is 1. The van der Waals surface area contributed by atoms with Crippen LogP contribution in [-0.2, 0) is 4.79 Å². The highest BCUT2D eigenvalue weighted by atomic mass is 32.1. The SMILES string of the molecule is NC(=O)COc1ccc(C(=O)N2CCC(c3nc4ccccc4s3)CC2)cc1. The number of piperidine rings is 1.